The Kier molecular flexibility index (Phi) is 1.24. The number of aliphatic hydroxyl groups excluding tert-OH is 1. The van der Waals surface area contributed by atoms with Gasteiger partial charge in [-0.05, 0) is 25.2 Å². The Balaban J connectivity index is 2.06. The number of fused-ring (bicyclic) bond motifs is 3. The Morgan fingerprint density at radius 2 is 1.89 bits per heavy atom. The molecule has 0 saturated carbocycles. The van der Waals surface area contributed by atoms with E-state index in [1.54, 1.807) is 0 Å². The zero-order valence-electron chi connectivity index (χ0n) is 5.58. The van der Waals surface area contributed by atoms with Crippen molar-refractivity contribution >= 4 is 0 Å². The largest absolute Gasteiger partial charge is 0.378 e. The number of piperidine rings is 3. The summed E-state index contributed by atoms with van der Waals surface area (Å²) in [6.45, 7) is 2.26. The Bertz CT molecular complexity index is 107. The summed E-state index contributed by atoms with van der Waals surface area (Å²) in [5.74, 6) is 0.838. The van der Waals surface area contributed by atoms with Gasteiger partial charge in [-0.1, -0.05) is 0 Å². The third-order valence-corrected chi connectivity index (χ3v) is 2.61. The second kappa shape index (κ2) is 1.96. The molecule has 3 saturated heterocycles. The highest BCUT2D eigenvalue weighted by Gasteiger charge is 2.31. The highest BCUT2D eigenvalue weighted by Crippen LogP contribution is 2.30. The van der Waals surface area contributed by atoms with Gasteiger partial charge in [0.1, 0.15) is 6.23 Å². The highest BCUT2D eigenvalue weighted by molar-refractivity contribution is 4.81. The van der Waals surface area contributed by atoms with Gasteiger partial charge in [0.25, 0.3) is 0 Å². The van der Waals surface area contributed by atoms with Crippen LogP contribution in [0.25, 0.3) is 0 Å². The normalized spacial score (nSPS) is 49.7. The van der Waals surface area contributed by atoms with Gasteiger partial charge in [-0.3, -0.25) is 4.90 Å². The summed E-state index contributed by atoms with van der Waals surface area (Å²) in [7, 11) is 0. The van der Waals surface area contributed by atoms with Gasteiger partial charge in [0.05, 0.1) is 0 Å². The van der Waals surface area contributed by atoms with Crippen molar-refractivity contribution in [2.45, 2.75) is 25.5 Å². The fourth-order valence-corrected chi connectivity index (χ4v) is 1.93. The number of hydrogen-bond donors (Lipinski definition) is 1. The van der Waals surface area contributed by atoms with E-state index in [4.69, 9.17) is 0 Å². The molecule has 1 atom stereocenters. The van der Waals surface area contributed by atoms with Crippen molar-refractivity contribution in [2.75, 3.05) is 13.1 Å². The maximum atomic E-state index is 9.33. The summed E-state index contributed by atoms with van der Waals surface area (Å²) in [4.78, 5) is 2.18. The third-order valence-electron chi connectivity index (χ3n) is 2.61. The monoisotopic (exact) mass is 127 g/mol. The predicted molar refractivity (Wildman–Crippen MR) is 34.9 cm³/mol. The minimum Gasteiger partial charge on any atom is -0.378 e. The molecule has 0 aromatic rings. The molecule has 9 heavy (non-hydrogen) atoms. The maximum absolute atomic E-state index is 9.33. The average molecular weight is 127 g/mol. The summed E-state index contributed by atoms with van der Waals surface area (Å²) in [5.41, 5.74) is 0. The molecule has 2 nitrogen and oxygen atoms in total. The van der Waals surface area contributed by atoms with E-state index < -0.39 is 0 Å². The molecule has 3 heterocycles. The Morgan fingerprint density at radius 3 is 2.11 bits per heavy atom. The van der Waals surface area contributed by atoms with E-state index in [-0.39, 0.29) is 6.23 Å². The molecule has 3 rings (SSSR count). The fourth-order valence-electron chi connectivity index (χ4n) is 1.93. The van der Waals surface area contributed by atoms with E-state index >= 15 is 0 Å². The van der Waals surface area contributed by atoms with Gasteiger partial charge < -0.3 is 5.11 Å². The van der Waals surface area contributed by atoms with Crippen molar-refractivity contribution in [3.63, 3.8) is 0 Å². The van der Waals surface area contributed by atoms with Crippen LogP contribution in [-0.4, -0.2) is 29.3 Å². The molecule has 0 radical (unpaired) electrons. The summed E-state index contributed by atoms with van der Waals surface area (Å²) >= 11 is 0. The SMILES string of the molecule is OC1CC2CCN1CC2. The van der Waals surface area contributed by atoms with Gasteiger partial charge in [-0.15, -0.1) is 0 Å². The van der Waals surface area contributed by atoms with Crippen LogP contribution in [0.1, 0.15) is 19.3 Å². The number of aliphatic hydroxyl groups is 1. The first-order valence-electron chi connectivity index (χ1n) is 3.78. The van der Waals surface area contributed by atoms with Crippen LogP contribution in [0.3, 0.4) is 0 Å². The molecule has 2 heteroatoms. The topological polar surface area (TPSA) is 23.5 Å². The molecule has 52 valence electrons. The van der Waals surface area contributed by atoms with E-state index in [1.807, 2.05) is 0 Å². The standard InChI is InChI=1S/C7H13NO/c9-7-5-6-1-3-8(7)4-2-6/h6-7,9H,1-5H2. The number of rotatable bonds is 0. The molecule has 0 aliphatic carbocycles. The quantitative estimate of drug-likeness (QED) is 0.510. The van der Waals surface area contributed by atoms with Gasteiger partial charge in [0.2, 0.25) is 0 Å². The van der Waals surface area contributed by atoms with Crippen LogP contribution in [0.4, 0.5) is 0 Å². The summed E-state index contributed by atoms with van der Waals surface area (Å²) < 4.78 is 0. The molecule has 0 spiro atoms. The molecule has 0 aromatic heterocycles. The average Bonchev–Trinajstić information content (AvgIpc) is 1.90. The number of nitrogens with zero attached hydrogens (tertiary/aromatic N) is 1. The first-order chi connectivity index (χ1) is 4.36. The lowest BCUT2D eigenvalue weighted by atomic mass is 9.87. The molecular weight excluding hydrogens is 114 g/mol. The lowest BCUT2D eigenvalue weighted by Gasteiger charge is -2.42. The molecule has 1 unspecified atom stereocenters. The van der Waals surface area contributed by atoms with Gasteiger partial charge in [0.15, 0.2) is 0 Å². The van der Waals surface area contributed by atoms with Crippen molar-refractivity contribution in [1.29, 1.82) is 0 Å². The van der Waals surface area contributed by atoms with Gasteiger partial charge in [0, 0.05) is 13.1 Å². The van der Waals surface area contributed by atoms with Crippen LogP contribution >= 0.6 is 0 Å². The highest BCUT2D eigenvalue weighted by atomic mass is 16.3. The molecular formula is C7H13NO. The lowest BCUT2D eigenvalue weighted by molar-refractivity contribution is -0.0768. The van der Waals surface area contributed by atoms with Crippen molar-refractivity contribution < 1.29 is 5.11 Å². The van der Waals surface area contributed by atoms with Crippen molar-refractivity contribution in [1.82, 2.24) is 4.90 Å². The molecule has 3 aliphatic rings. The molecule has 3 aliphatic heterocycles. The van der Waals surface area contributed by atoms with E-state index in [0.717, 1.165) is 25.4 Å². The fraction of sp³-hybridized carbons (Fsp3) is 1.00. The third kappa shape index (κ3) is 0.864. The molecule has 1 N–H and O–H groups in total. The van der Waals surface area contributed by atoms with Crippen molar-refractivity contribution in [3.8, 4) is 0 Å². The van der Waals surface area contributed by atoms with Crippen LogP contribution < -0.4 is 0 Å². The molecule has 2 bridgehead atoms. The lowest BCUT2D eigenvalue weighted by Crippen LogP contribution is -2.48. The van der Waals surface area contributed by atoms with Crippen LogP contribution in [-0.2, 0) is 0 Å². The first-order valence-corrected chi connectivity index (χ1v) is 3.78. The van der Waals surface area contributed by atoms with Gasteiger partial charge in [-0.25, -0.2) is 0 Å². The van der Waals surface area contributed by atoms with Crippen molar-refractivity contribution in [3.05, 3.63) is 0 Å². The van der Waals surface area contributed by atoms with Gasteiger partial charge in [-0.2, -0.15) is 0 Å². The zero-order valence-corrected chi connectivity index (χ0v) is 5.58. The second-order valence-corrected chi connectivity index (χ2v) is 3.20. The molecule has 3 fully saturated rings. The minimum absolute atomic E-state index is 0.0995. The van der Waals surface area contributed by atoms with Crippen LogP contribution in [0.2, 0.25) is 0 Å². The van der Waals surface area contributed by atoms with E-state index in [0.29, 0.717) is 0 Å². The minimum atomic E-state index is -0.0995. The smallest absolute Gasteiger partial charge is 0.107 e. The van der Waals surface area contributed by atoms with Crippen molar-refractivity contribution in [2.24, 2.45) is 5.92 Å². The Morgan fingerprint density at radius 1 is 1.22 bits per heavy atom. The molecule has 0 aromatic carbocycles. The first kappa shape index (κ1) is 5.69. The summed E-state index contributed by atoms with van der Waals surface area (Å²) in [6, 6.07) is 0. The summed E-state index contributed by atoms with van der Waals surface area (Å²) in [6.07, 6.45) is 3.56. The second-order valence-electron chi connectivity index (χ2n) is 3.20. The van der Waals surface area contributed by atoms with Gasteiger partial charge >= 0.3 is 0 Å². The van der Waals surface area contributed by atoms with E-state index in [9.17, 15) is 5.11 Å². The Hall–Kier alpha value is -0.0800. The zero-order chi connectivity index (χ0) is 6.27. The van der Waals surface area contributed by atoms with E-state index in [1.165, 1.54) is 12.8 Å². The Labute approximate surface area is 55.5 Å². The predicted octanol–water partition coefficient (Wildman–Crippen LogP) is 0.421. The van der Waals surface area contributed by atoms with Crippen LogP contribution in [0, 0.1) is 5.92 Å². The van der Waals surface area contributed by atoms with Crippen LogP contribution in [0.5, 0.6) is 0 Å². The maximum Gasteiger partial charge on any atom is 0.107 e. The summed E-state index contributed by atoms with van der Waals surface area (Å²) in [5, 5.41) is 9.33. The molecule has 0 amide bonds. The van der Waals surface area contributed by atoms with Crippen LogP contribution in [0.15, 0.2) is 0 Å². The van der Waals surface area contributed by atoms with E-state index in [2.05, 4.69) is 4.90 Å². The number of hydrogen-bond acceptors (Lipinski definition) is 2.